The first-order valence-corrected chi connectivity index (χ1v) is 8.33. The van der Waals surface area contributed by atoms with Crippen molar-refractivity contribution in [3.63, 3.8) is 0 Å². The Hall–Kier alpha value is -2.63. The molecule has 0 radical (unpaired) electrons. The Bertz CT molecular complexity index is 833. The molecule has 126 valence electrons. The SMILES string of the molecule is CCC(=O)Nc1ccc2c(c1)nc(Cn1cccn1)n2CC(C)C. The van der Waals surface area contributed by atoms with Crippen LogP contribution in [0.1, 0.15) is 33.0 Å². The number of carbonyl (C=O) groups is 1. The van der Waals surface area contributed by atoms with Gasteiger partial charge in [0.1, 0.15) is 5.82 Å². The van der Waals surface area contributed by atoms with E-state index in [0.29, 0.717) is 18.9 Å². The first-order valence-electron chi connectivity index (χ1n) is 8.33. The van der Waals surface area contributed by atoms with E-state index in [1.807, 2.05) is 42.1 Å². The second-order valence-corrected chi connectivity index (χ2v) is 6.34. The van der Waals surface area contributed by atoms with Gasteiger partial charge >= 0.3 is 0 Å². The molecule has 0 spiro atoms. The van der Waals surface area contributed by atoms with E-state index < -0.39 is 0 Å². The van der Waals surface area contributed by atoms with Crippen molar-refractivity contribution >= 4 is 22.6 Å². The Morgan fingerprint density at radius 2 is 2.17 bits per heavy atom. The highest BCUT2D eigenvalue weighted by molar-refractivity contribution is 5.92. The molecule has 0 fully saturated rings. The summed E-state index contributed by atoms with van der Waals surface area (Å²) in [5, 5.41) is 7.17. The van der Waals surface area contributed by atoms with Gasteiger partial charge in [-0.05, 0) is 30.2 Å². The zero-order chi connectivity index (χ0) is 17.1. The first-order chi connectivity index (χ1) is 11.6. The molecule has 2 heterocycles. The van der Waals surface area contributed by atoms with Crippen molar-refractivity contribution in [1.29, 1.82) is 0 Å². The van der Waals surface area contributed by atoms with E-state index in [1.165, 1.54) is 0 Å². The highest BCUT2D eigenvalue weighted by Crippen LogP contribution is 2.22. The Morgan fingerprint density at radius 1 is 1.33 bits per heavy atom. The van der Waals surface area contributed by atoms with Crippen LogP contribution in [0, 0.1) is 5.92 Å². The average Bonchev–Trinajstić information content (AvgIpc) is 3.16. The van der Waals surface area contributed by atoms with Gasteiger partial charge in [-0.15, -0.1) is 0 Å². The van der Waals surface area contributed by atoms with Gasteiger partial charge in [-0.25, -0.2) is 4.98 Å². The molecule has 6 nitrogen and oxygen atoms in total. The van der Waals surface area contributed by atoms with Crippen LogP contribution in [0.15, 0.2) is 36.7 Å². The van der Waals surface area contributed by atoms with Crippen LogP contribution >= 0.6 is 0 Å². The average molecular weight is 325 g/mol. The number of fused-ring (bicyclic) bond motifs is 1. The van der Waals surface area contributed by atoms with E-state index in [2.05, 4.69) is 28.8 Å². The lowest BCUT2D eigenvalue weighted by molar-refractivity contribution is -0.115. The van der Waals surface area contributed by atoms with Crippen molar-refractivity contribution in [3.05, 3.63) is 42.5 Å². The fourth-order valence-electron chi connectivity index (χ4n) is 2.74. The lowest BCUT2D eigenvalue weighted by Gasteiger charge is -2.12. The zero-order valence-corrected chi connectivity index (χ0v) is 14.4. The molecule has 0 aliphatic carbocycles. The van der Waals surface area contributed by atoms with E-state index >= 15 is 0 Å². The van der Waals surface area contributed by atoms with Crippen molar-refractivity contribution in [3.8, 4) is 0 Å². The minimum atomic E-state index is 0.00716. The smallest absolute Gasteiger partial charge is 0.224 e. The first kappa shape index (κ1) is 16.2. The van der Waals surface area contributed by atoms with Gasteiger partial charge in [0.15, 0.2) is 0 Å². The second-order valence-electron chi connectivity index (χ2n) is 6.34. The number of carbonyl (C=O) groups excluding carboxylic acids is 1. The summed E-state index contributed by atoms with van der Waals surface area (Å²) in [6.45, 7) is 7.75. The number of hydrogen-bond donors (Lipinski definition) is 1. The van der Waals surface area contributed by atoms with Crippen molar-refractivity contribution in [2.24, 2.45) is 5.92 Å². The summed E-state index contributed by atoms with van der Waals surface area (Å²) in [4.78, 5) is 16.4. The molecule has 0 aliphatic heterocycles. The standard InChI is InChI=1S/C18H23N5O/c1-4-18(24)20-14-6-7-16-15(10-14)21-17(23(16)11-13(2)3)12-22-9-5-8-19-22/h5-10,13H,4,11-12H2,1-3H3,(H,20,24). The molecular formula is C18H23N5O. The van der Waals surface area contributed by atoms with E-state index in [1.54, 1.807) is 6.20 Å². The molecule has 1 amide bonds. The number of anilines is 1. The maximum Gasteiger partial charge on any atom is 0.224 e. The maximum absolute atomic E-state index is 11.6. The Morgan fingerprint density at radius 3 is 2.83 bits per heavy atom. The van der Waals surface area contributed by atoms with Crippen molar-refractivity contribution in [2.75, 3.05) is 5.32 Å². The third kappa shape index (κ3) is 3.48. The molecule has 6 heteroatoms. The quantitative estimate of drug-likeness (QED) is 0.756. The molecule has 0 saturated carbocycles. The molecule has 0 atom stereocenters. The van der Waals surface area contributed by atoms with Crippen molar-refractivity contribution in [1.82, 2.24) is 19.3 Å². The molecule has 0 aliphatic rings. The highest BCUT2D eigenvalue weighted by Gasteiger charge is 2.13. The van der Waals surface area contributed by atoms with Gasteiger partial charge < -0.3 is 9.88 Å². The van der Waals surface area contributed by atoms with Gasteiger partial charge in [0.05, 0.1) is 17.6 Å². The monoisotopic (exact) mass is 325 g/mol. The number of hydrogen-bond acceptors (Lipinski definition) is 3. The zero-order valence-electron chi connectivity index (χ0n) is 14.4. The van der Waals surface area contributed by atoms with Gasteiger partial charge in [-0.1, -0.05) is 20.8 Å². The molecule has 0 bridgehead atoms. The molecule has 3 aromatic rings. The van der Waals surface area contributed by atoms with Crippen LogP contribution in [0.3, 0.4) is 0 Å². The van der Waals surface area contributed by atoms with Gasteiger partial charge in [0, 0.05) is 31.0 Å². The van der Waals surface area contributed by atoms with Crippen molar-refractivity contribution in [2.45, 2.75) is 40.3 Å². The lowest BCUT2D eigenvalue weighted by Crippen LogP contribution is -2.12. The number of aromatic nitrogens is 4. The lowest BCUT2D eigenvalue weighted by atomic mass is 10.2. The van der Waals surface area contributed by atoms with Gasteiger partial charge in [-0.3, -0.25) is 9.48 Å². The number of rotatable bonds is 6. The fourth-order valence-corrected chi connectivity index (χ4v) is 2.74. The molecule has 2 aromatic heterocycles. The summed E-state index contributed by atoms with van der Waals surface area (Å²) in [6.07, 6.45) is 4.17. The molecule has 24 heavy (non-hydrogen) atoms. The predicted molar refractivity (Wildman–Crippen MR) is 94.8 cm³/mol. The Labute approximate surface area is 141 Å². The minimum Gasteiger partial charge on any atom is -0.326 e. The normalized spacial score (nSPS) is 11.3. The van der Waals surface area contributed by atoms with Crippen LogP contribution in [0.4, 0.5) is 5.69 Å². The van der Waals surface area contributed by atoms with Crippen LogP contribution in [0.5, 0.6) is 0 Å². The summed E-state index contributed by atoms with van der Waals surface area (Å²) >= 11 is 0. The fraction of sp³-hybridized carbons (Fsp3) is 0.389. The van der Waals surface area contributed by atoms with Gasteiger partial charge in [-0.2, -0.15) is 5.10 Å². The van der Waals surface area contributed by atoms with E-state index in [4.69, 9.17) is 4.98 Å². The summed E-state index contributed by atoms with van der Waals surface area (Å²) in [5.41, 5.74) is 2.77. The number of benzene rings is 1. The molecule has 0 saturated heterocycles. The van der Waals surface area contributed by atoms with Crippen LogP contribution in [0.2, 0.25) is 0 Å². The van der Waals surface area contributed by atoms with E-state index in [-0.39, 0.29) is 5.91 Å². The van der Waals surface area contributed by atoms with Crippen LogP contribution < -0.4 is 5.32 Å². The van der Waals surface area contributed by atoms with Crippen LogP contribution in [-0.2, 0) is 17.9 Å². The maximum atomic E-state index is 11.6. The molecular weight excluding hydrogens is 302 g/mol. The summed E-state index contributed by atoms with van der Waals surface area (Å²) in [7, 11) is 0. The molecule has 1 N–H and O–H groups in total. The minimum absolute atomic E-state index is 0.00716. The number of amides is 1. The number of nitrogens with one attached hydrogen (secondary N) is 1. The summed E-state index contributed by atoms with van der Waals surface area (Å²) in [6, 6.07) is 7.81. The van der Waals surface area contributed by atoms with Gasteiger partial charge in [0.2, 0.25) is 5.91 Å². The molecule has 1 aromatic carbocycles. The highest BCUT2D eigenvalue weighted by atomic mass is 16.1. The van der Waals surface area contributed by atoms with E-state index in [0.717, 1.165) is 29.1 Å². The van der Waals surface area contributed by atoms with Gasteiger partial charge in [0.25, 0.3) is 0 Å². The summed E-state index contributed by atoms with van der Waals surface area (Å²) in [5.74, 6) is 1.49. The number of imidazole rings is 1. The Balaban J connectivity index is 2.00. The third-order valence-electron chi connectivity index (χ3n) is 3.84. The predicted octanol–water partition coefficient (Wildman–Crippen LogP) is 3.29. The molecule has 0 unspecified atom stereocenters. The van der Waals surface area contributed by atoms with Crippen LogP contribution in [-0.4, -0.2) is 25.2 Å². The topological polar surface area (TPSA) is 64.7 Å². The summed E-state index contributed by atoms with van der Waals surface area (Å²) < 4.78 is 4.12. The Kier molecular flexibility index (Phi) is 4.64. The largest absolute Gasteiger partial charge is 0.326 e. The second kappa shape index (κ2) is 6.86. The number of nitrogens with zero attached hydrogens (tertiary/aromatic N) is 4. The molecule has 3 rings (SSSR count). The van der Waals surface area contributed by atoms with E-state index in [9.17, 15) is 4.79 Å². The van der Waals surface area contributed by atoms with Crippen LogP contribution in [0.25, 0.3) is 11.0 Å². The van der Waals surface area contributed by atoms with Crippen molar-refractivity contribution < 1.29 is 4.79 Å². The third-order valence-corrected chi connectivity index (χ3v) is 3.84.